The van der Waals surface area contributed by atoms with Crippen molar-refractivity contribution in [2.45, 2.75) is 0 Å². The van der Waals surface area contributed by atoms with Gasteiger partial charge < -0.3 is 24.4 Å². The number of rotatable bonds is 1. The second-order valence-corrected chi connectivity index (χ2v) is 7.14. The highest BCUT2D eigenvalue weighted by atomic mass is 32.1. The predicted molar refractivity (Wildman–Crippen MR) is 91.4 cm³/mol. The quantitative estimate of drug-likeness (QED) is 0.843. The summed E-state index contributed by atoms with van der Waals surface area (Å²) >= 11 is 1.45. The van der Waals surface area contributed by atoms with Crippen LogP contribution >= 0.6 is 11.3 Å². The van der Waals surface area contributed by atoms with Gasteiger partial charge in [-0.2, -0.15) is 0 Å². The molecule has 0 spiro atoms. The van der Waals surface area contributed by atoms with Gasteiger partial charge in [0.05, 0.1) is 15.8 Å². The molecular formula is C16H20N4O3S. The first kappa shape index (κ1) is 15.5. The molecule has 2 aliphatic heterocycles. The molecule has 1 N–H and O–H groups in total. The van der Waals surface area contributed by atoms with E-state index in [1.165, 1.54) is 11.3 Å². The number of hydrogen-bond acceptors (Lipinski definition) is 5. The van der Waals surface area contributed by atoms with E-state index in [2.05, 4.69) is 5.32 Å². The summed E-state index contributed by atoms with van der Waals surface area (Å²) in [5.74, 6) is 0.0284. The molecule has 0 saturated carbocycles. The van der Waals surface area contributed by atoms with Crippen LogP contribution in [0.15, 0.2) is 22.8 Å². The first-order valence-corrected chi connectivity index (χ1v) is 9.05. The van der Waals surface area contributed by atoms with Crippen molar-refractivity contribution in [2.24, 2.45) is 0 Å². The van der Waals surface area contributed by atoms with Crippen LogP contribution in [0.3, 0.4) is 0 Å². The lowest BCUT2D eigenvalue weighted by molar-refractivity contribution is 0.0640. The zero-order chi connectivity index (χ0) is 16.5. The Balaban J connectivity index is 1.36. The smallest absolute Gasteiger partial charge is 0.320 e. The lowest BCUT2D eigenvalue weighted by atomic mass is 10.3. The molecule has 8 heteroatoms. The van der Waals surface area contributed by atoms with E-state index < -0.39 is 0 Å². The fourth-order valence-corrected chi connectivity index (χ4v) is 4.13. The summed E-state index contributed by atoms with van der Waals surface area (Å²) < 4.78 is 6.32. The zero-order valence-electron chi connectivity index (χ0n) is 13.4. The minimum absolute atomic E-state index is 0.0284. The Kier molecular flexibility index (Phi) is 4.15. The van der Waals surface area contributed by atoms with E-state index in [0.717, 1.165) is 36.5 Å². The van der Waals surface area contributed by atoms with Gasteiger partial charge in [0.25, 0.3) is 5.91 Å². The van der Waals surface area contributed by atoms with E-state index in [1.54, 1.807) is 12.3 Å². The number of furan rings is 1. The minimum atomic E-state index is 0.0284. The average molecular weight is 348 g/mol. The molecule has 24 heavy (non-hydrogen) atoms. The van der Waals surface area contributed by atoms with Gasteiger partial charge in [0.15, 0.2) is 0 Å². The third-order valence-corrected chi connectivity index (χ3v) is 5.64. The number of hydrogen-bond donors (Lipinski definition) is 1. The van der Waals surface area contributed by atoms with E-state index in [-0.39, 0.29) is 11.9 Å². The molecule has 2 aromatic rings. The van der Waals surface area contributed by atoms with Gasteiger partial charge in [0.2, 0.25) is 0 Å². The molecule has 0 unspecified atom stereocenters. The Bertz CT molecular complexity index is 713. The number of thiophene rings is 1. The maximum absolute atomic E-state index is 12.6. The molecule has 2 aliphatic rings. The number of nitrogens with one attached hydrogen (secondary N) is 1. The van der Waals surface area contributed by atoms with Gasteiger partial charge in [-0.15, -0.1) is 11.3 Å². The van der Waals surface area contributed by atoms with Crippen LogP contribution in [-0.2, 0) is 0 Å². The first-order valence-electron chi connectivity index (χ1n) is 8.23. The number of carbonyl (C=O) groups is 2. The number of piperazine rings is 2. The molecule has 2 fully saturated rings. The van der Waals surface area contributed by atoms with Gasteiger partial charge in [-0.25, -0.2) is 4.79 Å². The van der Waals surface area contributed by atoms with E-state index in [9.17, 15) is 9.59 Å². The highest BCUT2D eigenvalue weighted by Crippen LogP contribution is 2.27. The highest BCUT2D eigenvalue weighted by Gasteiger charge is 2.28. The average Bonchev–Trinajstić information content (AvgIpc) is 3.23. The standard InChI is InChI=1S/C16H20N4O3S/c21-15(14-11-12-13(24-14)1-10-23-12)18-6-8-20(9-7-18)16(22)19-4-2-17-3-5-19/h1,10-11,17H,2-9H2. The number of fused-ring (bicyclic) bond motifs is 1. The maximum atomic E-state index is 12.6. The van der Waals surface area contributed by atoms with Crippen molar-refractivity contribution in [2.75, 3.05) is 52.4 Å². The molecule has 3 amide bonds. The summed E-state index contributed by atoms with van der Waals surface area (Å²) in [7, 11) is 0. The number of carbonyl (C=O) groups excluding carboxylic acids is 2. The van der Waals surface area contributed by atoms with Crippen LogP contribution in [-0.4, -0.2) is 79.0 Å². The minimum Gasteiger partial charge on any atom is -0.463 e. The van der Waals surface area contributed by atoms with Crippen LogP contribution in [0.4, 0.5) is 4.79 Å². The van der Waals surface area contributed by atoms with Crippen molar-refractivity contribution in [1.82, 2.24) is 20.0 Å². The monoisotopic (exact) mass is 348 g/mol. The van der Waals surface area contributed by atoms with Gasteiger partial charge in [-0.1, -0.05) is 0 Å². The van der Waals surface area contributed by atoms with Crippen molar-refractivity contribution in [1.29, 1.82) is 0 Å². The fourth-order valence-electron chi connectivity index (χ4n) is 3.18. The topological polar surface area (TPSA) is 69.0 Å². The van der Waals surface area contributed by atoms with E-state index in [0.29, 0.717) is 31.1 Å². The summed E-state index contributed by atoms with van der Waals surface area (Å²) in [5, 5.41) is 3.25. The first-order chi connectivity index (χ1) is 11.7. The predicted octanol–water partition coefficient (Wildman–Crippen LogP) is 1.28. The Morgan fingerprint density at radius 2 is 1.67 bits per heavy atom. The summed E-state index contributed by atoms with van der Waals surface area (Å²) in [6.45, 7) is 5.56. The van der Waals surface area contributed by atoms with Crippen LogP contribution in [0.1, 0.15) is 9.67 Å². The zero-order valence-corrected chi connectivity index (χ0v) is 14.2. The molecule has 4 heterocycles. The van der Waals surface area contributed by atoms with Gasteiger partial charge in [0.1, 0.15) is 5.58 Å². The van der Waals surface area contributed by atoms with Crippen LogP contribution in [0.5, 0.6) is 0 Å². The molecule has 4 rings (SSSR count). The molecule has 2 saturated heterocycles. The Labute approximate surface area is 143 Å². The van der Waals surface area contributed by atoms with Gasteiger partial charge in [0, 0.05) is 58.4 Å². The van der Waals surface area contributed by atoms with E-state index >= 15 is 0 Å². The number of nitrogens with zero attached hydrogens (tertiary/aromatic N) is 3. The third-order valence-electron chi connectivity index (χ3n) is 4.58. The summed E-state index contributed by atoms with van der Waals surface area (Å²) in [5.41, 5.74) is 0.760. The van der Waals surface area contributed by atoms with Crippen LogP contribution in [0.2, 0.25) is 0 Å². The van der Waals surface area contributed by atoms with E-state index in [4.69, 9.17) is 4.42 Å². The van der Waals surface area contributed by atoms with Crippen LogP contribution in [0, 0.1) is 0 Å². The molecule has 0 bridgehead atoms. The van der Waals surface area contributed by atoms with Crippen molar-refractivity contribution >= 4 is 33.6 Å². The fraction of sp³-hybridized carbons (Fsp3) is 0.500. The maximum Gasteiger partial charge on any atom is 0.320 e. The van der Waals surface area contributed by atoms with Crippen LogP contribution in [0.25, 0.3) is 10.3 Å². The Hall–Kier alpha value is -2.06. The Morgan fingerprint density at radius 1 is 1.00 bits per heavy atom. The number of amides is 3. The molecule has 0 aliphatic carbocycles. The number of urea groups is 1. The lowest BCUT2D eigenvalue weighted by Gasteiger charge is -2.38. The Morgan fingerprint density at radius 3 is 2.38 bits per heavy atom. The van der Waals surface area contributed by atoms with Gasteiger partial charge in [-0.05, 0) is 6.07 Å². The lowest BCUT2D eigenvalue weighted by Crippen LogP contribution is -2.56. The van der Waals surface area contributed by atoms with Crippen molar-refractivity contribution in [3.8, 4) is 0 Å². The van der Waals surface area contributed by atoms with Crippen molar-refractivity contribution in [3.63, 3.8) is 0 Å². The summed E-state index contributed by atoms with van der Waals surface area (Å²) in [6.07, 6.45) is 1.63. The molecular weight excluding hydrogens is 328 g/mol. The van der Waals surface area contributed by atoms with Gasteiger partial charge >= 0.3 is 6.03 Å². The summed E-state index contributed by atoms with van der Waals surface area (Å²) in [6, 6.07) is 3.78. The highest BCUT2D eigenvalue weighted by molar-refractivity contribution is 7.20. The SMILES string of the molecule is O=C(c1cc2occc2s1)N1CCN(C(=O)N2CCNCC2)CC1. The second kappa shape index (κ2) is 6.45. The normalized spacial score (nSPS) is 19.1. The molecule has 0 aromatic carbocycles. The van der Waals surface area contributed by atoms with Gasteiger partial charge in [-0.3, -0.25) is 4.79 Å². The molecule has 128 valence electrons. The molecule has 2 aromatic heterocycles. The van der Waals surface area contributed by atoms with Crippen LogP contribution < -0.4 is 5.32 Å². The van der Waals surface area contributed by atoms with Crippen molar-refractivity contribution < 1.29 is 14.0 Å². The third kappa shape index (κ3) is 2.87. The molecule has 0 atom stereocenters. The molecule has 7 nitrogen and oxygen atoms in total. The summed E-state index contributed by atoms with van der Waals surface area (Å²) in [4.78, 5) is 31.4. The largest absolute Gasteiger partial charge is 0.463 e. The second-order valence-electron chi connectivity index (χ2n) is 6.06. The van der Waals surface area contributed by atoms with Crippen molar-refractivity contribution in [3.05, 3.63) is 23.3 Å². The molecule has 0 radical (unpaired) electrons. The van der Waals surface area contributed by atoms with E-state index in [1.807, 2.05) is 20.8 Å².